The molecule has 3 N–H and O–H groups in total. The molecular formula is C29H42ClN3O6S. The highest BCUT2D eigenvalue weighted by molar-refractivity contribution is 7.89. The van der Waals surface area contributed by atoms with Gasteiger partial charge in [-0.25, -0.2) is 8.42 Å². The van der Waals surface area contributed by atoms with Gasteiger partial charge in [0.1, 0.15) is 17.7 Å². The van der Waals surface area contributed by atoms with Gasteiger partial charge in [-0.3, -0.25) is 9.59 Å². The maximum Gasteiger partial charge on any atom is 0.243 e. The van der Waals surface area contributed by atoms with Crippen molar-refractivity contribution in [3.05, 3.63) is 60.2 Å². The van der Waals surface area contributed by atoms with Crippen molar-refractivity contribution in [2.24, 2.45) is 11.8 Å². The van der Waals surface area contributed by atoms with E-state index in [1.807, 2.05) is 58.0 Å². The normalized spacial score (nSPS) is 14.8. The number of methoxy groups -OCH3 is 1. The fourth-order valence-electron chi connectivity index (χ4n) is 4.25. The highest BCUT2D eigenvalue weighted by Crippen LogP contribution is 2.22. The number of ether oxygens (including phenoxy) is 1. The van der Waals surface area contributed by atoms with Gasteiger partial charge in [-0.05, 0) is 48.1 Å². The molecule has 0 heterocycles. The van der Waals surface area contributed by atoms with Gasteiger partial charge in [0.2, 0.25) is 21.8 Å². The summed E-state index contributed by atoms with van der Waals surface area (Å²) in [6.45, 7) is 7.45. The number of aliphatic hydroxyl groups is 1. The molecule has 0 aliphatic heterocycles. The summed E-state index contributed by atoms with van der Waals surface area (Å²) in [7, 11) is -2.47. The predicted molar refractivity (Wildman–Crippen MR) is 157 cm³/mol. The molecule has 0 aliphatic rings. The Morgan fingerprint density at radius 1 is 1.00 bits per heavy atom. The summed E-state index contributed by atoms with van der Waals surface area (Å²) in [6, 6.07) is 13.7. The third-order valence-electron chi connectivity index (χ3n) is 6.68. The number of alkyl halides is 1. The van der Waals surface area contributed by atoms with Crippen LogP contribution >= 0.6 is 11.6 Å². The van der Waals surface area contributed by atoms with Gasteiger partial charge in [0.25, 0.3) is 0 Å². The van der Waals surface area contributed by atoms with Gasteiger partial charge < -0.3 is 20.5 Å². The van der Waals surface area contributed by atoms with Gasteiger partial charge in [-0.1, -0.05) is 64.4 Å². The summed E-state index contributed by atoms with van der Waals surface area (Å²) >= 11 is 5.67. The molecule has 2 aromatic carbocycles. The molecule has 2 amide bonds. The summed E-state index contributed by atoms with van der Waals surface area (Å²) in [6.07, 6.45) is -0.380. The fourth-order valence-corrected chi connectivity index (χ4v) is 5.95. The number of aliphatic hydroxyl groups excluding tert-OH is 1. The van der Waals surface area contributed by atoms with Gasteiger partial charge in [-0.2, -0.15) is 4.31 Å². The minimum absolute atomic E-state index is 0.0251. The Kier molecular flexibility index (Phi) is 13.4. The summed E-state index contributed by atoms with van der Waals surface area (Å²) in [5.41, 5.74) is 0.852. The van der Waals surface area contributed by atoms with Crippen molar-refractivity contribution in [1.82, 2.24) is 14.9 Å². The summed E-state index contributed by atoms with van der Waals surface area (Å²) < 4.78 is 33.6. The molecule has 2 aromatic rings. The smallest absolute Gasteiger partial charge is 0.243 e. The molecule has 4 unspecified atom stereocenters. The van der Waals surface area contributed by atoms with Crippen molar-refractivity contribution in [3.8, 4) is 5.75 Å². The van der Waals surface area contributed by atoms with Crippen molar-refractivity contribution < 1.29 is 27.9 Å². The number of halogens is 1. The van der Waals surface area contributed by atoms with E-state index in [4.69, 9.17) is 16.3 Å². The third kappa shape index (κ3) is 9.76. The molecule has 4 atom stereocenters. The van der Waals surface area contributed by atoms with Crippen LogP contribution in [0.25, 0.3) is 0 Å². The number of sulfonamides is 1. The van der Waals surface area contributed by atoms with Crippen LogP contribution < -0.4 is 15.4 Å². The van der Waals surface area contributed by atoms with Crippen LogP contribution in [0.2, 0.25) is 0 Å². The van der Waals surface area contributed by atoms with Gasteiger partial charge in [-0.15, -0.1) is 11.6 Å². The van der Waals surface area contributed by atoms with Gasteiger partial charge in [0, 0.05) is 13.1 Å². The zero-order valence-electron chi connectivity index (χ0n) is 23.8. The molecule has 11 heteroatoms. The molecule has 0 aromatic heterocycles. The van der Waals surface area contributed by atoms with Gasteiger partial charge >= 0.3 is 0 Å². The van der Waals surface area contributed by atoms with Crippen molar-refractivity contribution in [2.75, 3.05) is 26.1 Å². The molecule has 0 saturated heterocycles. The first-order valence-corrected chi connectivity index (χ1v) is 15.4. The zero-order chi connectivity index (χ0) is 29.9. The van der Waals surface area contributed by atoms with Crippen LogP contribution in [0.5, 0.6) is 5.75 Å². The van der Waals surface area contributed by atoms with Crippen LogP contribution in [0.1, 0.15) is 39.7 Å². The summed E-state index contributed by atoms with van der Waals surface area (Å²) in [5.74, 6) is -0.934. The van der Waals surface area contributed by atoms with E-state index in [9.17, 15) is 23.1 Å². The largest absolute Gasteiger partial charge is 0.497 e. The standard InChI is InChI=1S/C29H42ClN3O6S/c1-6-21(4)28(32-27(35)17-30)29(36)31-25(16-22-10-8-7-9-11-22)26(34)19-33(18-20(2)3)40(37,38)24-14-12-23(39-5)13-15-24/h7-15,20-21,25-26,28,34H,6,16-19H2,1-5H3,(H,31,36)(H,32,35). The number of nitrogens with zero attached hydrogens (tertiary/aromatic N) is 1. The number of hydrogen-bond acceptors (Lipinski definition) is 6. The van der Waals surface area contributed by atoms with Crippen LogP contribution in [-0.2, 0) is 26.0 Å². The van der Waals surface area contributed by atoms with Crippen molar-refractivity contribution in [3.63, 3.8) is 0 Å². The van der Waals surface area contributed by atoms with E-state index in [2.05, 4.69) is 10.6 Å². The average Bonchev–Trinajstić information content (AvgIpc) is 2.94. The molecule has 2 rings (SSSR count). The maximum atomic E-state index is 13.6. The third-order valence-corrected chi connectivity index (χ3v) is 8.77. The topological polar surface area (TPSA) is 125 Å². The number of rotatable bonds is 16. The first-order chi connectivity index (χ1) is 18.9. The van der Waals surface area contributed by atoms with E-state index in [-0.39, 0.29) is 42.1 Å². The van der Waals surface area contributed by atoms with Crippen LogP contribution in [0, 0.1) is 11.8 Å². The van der Waals surface area contributed by atoms with E-state index in [1.165, 1.54) is 23.5 Å². The Morgan fingerprint density at radius 2 is 1.62 bits per heavy atom. The molecular weight excluding hydrogens is 554 g/mol. The van der Waals surface area contributed by atoms with Crippen molar-refractivity contribution in [1.29, 1.82) is 0 Å². The Morgan fingerprint density at radius 3 is 2.15 bits per heavy atom. The molecule has 222 valence electrons. The summed E-state index contributed by atoms with van der Waals surface area (Å²) in [4.78, 5) is 25.5. The van der Waals surface area contributed by atoms with Crippen LogP contribution in [0.15, 0.2) is 59.5 Å². The number of amides is 2. The van der Waals surface area contributed by atoms with Crippen LogP contribution in [-0.4, -0.2) is 73.9 Å². The predicted octanol–water partition coefficient (Wildman–Crippen LogP) is 3.20. The minimum atomic E-state index is -3.97. The molecule has 0 spiro atoms. The fraction of sp³-hybridized carbons (Fsp3) is 0.517. The molecule has 0 fully saturated rings. The number of benzene rings is 2. The molecule has 9 nitrogen and oxygen atoms in total. The molecule has 0 radical (unpaired) electrons. The van der Waals surface area contributed by atoms with Gasteiger partial charge in [0.05, 0.1) is 24.2 Å². The lowest BCUT2D eigenvalue weighted by molar-refractivity contribution is -0.130. The Labute approximate surface area is 243 Å². The number of hydrogen-bond donors (Lipinski definition) is 3. The van der Waals surface area contributed by atoms with E-state index >= 15 is 0 Å². The van der Waals surface area contributed by atoms with E-state index < -0.39 is 40.0 Å². The van der Waals surface area contributed by atoms with Crippen LogP contribution in [0.4, 0.5) is 0 Å². The lowest BCUT2D eigenvalue weighted by Crippen LogP contribution is -2.57. The Bertz CT molecular complexity index is 1180. The highest BCUT2D eigenvalue weighted by Gasteiger charge is 2.33. The van der Waals surface area contributed by atoms with E-state index in [1.54, 1.807) is 12.1 Å². The first kappa shape index (κ1) is 33.5. The Balaban J connectivity index is 2.38. The number of carbonyl (C=O) groups excluding carboxylic acids is 2. The first-order valence-electron chi connectivity index (χ1n) is 13.4. The van der Waals surface area contributed by atoms with Crippen LogP contribution in [0.3, 0.4) is 0 Å². The average molecular weight is 596 g/mol. The molecule has 40 heavy (non-hydrogen) atoms. The highest BCUT2D eigenvalue weighted by atomic mass is 35.5. The molecule has 0 bridgehead atoms. The van der Waals surface area contributed by atoms with Gasteiger partial charge in [0.15, 0.2) is 0 Å². The second-order valence-electron chi connectivity index (χ2n) is 10.3. The van der Waals surface area contributed by atoms with E-state index in [0.717, 1.165) is 5.56 Å². The summed E-state index contributed by atoms with van der Waals surface area (Å²) in [5, 5.41) is 17.0. The quantitative estimate of drug-likeness (QED) is 0.256. The molecule has 0 aliphatic carbocycles. The zero-order valence-corrected chi connectivity index (χ0v) is 25.4. The maximum absolute atomic E-state index is 13.6. The number of carbonyl (C=O) groups is 2. The van der Waals surface area contributed by atoms with E-state index in [0.29, 0.717) is 12.2 Å². The van der Waals surface area contributed by atoms with Crippen molar-refractivity contribution in [2.45, 2.75) is 63.6 Å². The lowest BCUT2D eigenvalue weighted by atomic mass is 9.96. The lowest BCUT2D eigenvalue weighted by Gasteiger charge is -2.32. The second-order valence-corrected chi connectivity index (χ2v) is 12.5. The minimum Gasteiger partial charge on any atom is -0.497 e. The second kappa shape index (κ2) is 16.0. The number of nitrogens with one attached hydrogen (secondary N) is 2. The Hall–Kier alpha value is -2.66. The monoisotopic (exact) mass is 595 g/mol. The molecule has 0 saturated carbocycles. The SMILES string of the molecule is CCC(C)C(NC(=O)CCl)C(=O)NC(Cc1ccccc1)C(O)CN(CC(C)C)S(=O)(=O)c1ccc(OC)cc1. The van der Waals surface area contributed by atoms with Crippen molar-refractivity contribution >= 4 is 33.4 Å².